The fourth-order valence-electron chi connectivity index (χ4n) is 2.75. The second-order valence-electron chi connectivity index (χ2n) is 7.85. The summed E-state index contributed by atoms with van der Waals surface area (Å²) in [6.45, 7) is 3.70. The van der Waals surface area contributed by atoms with Gasteiger partial charge in [-0.1, -0.05) is 20.3 Å². The number of carbonyl (C=O) groups is 6. The topological polar surface area (TPSA) is 257 Å². The Morgan fingerprint density at radius 2 is 1.39 bits per heavy atom. The van der Waals surface area contributed by atoms with E-state index in [-0.39, 0.29) is 0 Å². The van der Waals surface area contributed by atoms with Crippen LogP contribution in [-0.4, -0.2) is 76.5 Å². The second kappa shape index (κ2) is 14.7. The van der Waals surface area contributed by atoms with Gasteiger partial charge in [0.2, 0.25) is 23.6 Å². The molecule has 0 aliphatic heterocycles. The summed E-state index contributed by atoms with van der Waals surface area (Å²) < 4.78 is 0. The molecule has 14 nitrogen and oxygen atoms in total. The van der Waals surface area contributed by atoms with Gasteiger partial charge in [0.15, 0.2) is 0 Å². The van der Waals surface area contributed by atoms with Gasteiger partial charge in [-0.15, -0.1) is 0 Å². The minimum absolute atomic E-state index is 0.350. The van der Waals surface area contributed by atoms with Crippen molar-refractivity contribution in [2.24, 2.45) is 23.1 Å². The molecular weight excluding hydrogens is 440 g/mol. The Hall–Kier alpha value is -3.26. The van der Waals surface area contributed by atoms with Crippen molar-refractivity contribution in [3.8, 4) is 0 Å². The van der Waals surface area contributed by atoms with Crippen molar-refractivity contribution >= 4 is 35.6 Å². The number of nitrogens with one attached hydrogen (secondary N) is 3. The lowest BCUT2D eigenvalue weighted by Gasteiger charge is -2.26. The smallest absolute Gasteiger partial charge is 0.326 e. The standard InChI is InChI=1S/C19H34N6O8/c1-9(2)15(25-16(29)10(21)5-3-4-6-20)18(31)23-11(7-13(22)26)17(30)24-12(19(32)33)8-14(27)28/h9-12,15H,3-8,20-21H2,1-2H3,(H2,22,26)(H,23,31)(H,24,30)(H,25,29)(H,27,28)(H,32,33). The Labute approximate surface area is 191 Å². The Bertz CT molecular complexity index is 729. The molecular formula is C19H34N6O8. The van der Waals surface area contributed by atoms with Crippen LogP contribution in [-0.2, 0) is 28.8 Å². The molecule has 0 aromatic carbocycles. The molecule has 0 heterocycles. The van der Waals surface area contributed by atoms with Gasteiger partial charge in [0.25, 0.3) is 0 Å². The highest BCUT2D eigenvalue weighted by molar-refractivity contribution is 5.96. The van der Waals surface area contributed by atoms with Gasteiger partial charge >= 0.3 is 11.9 Å². The first-order valence-electron chi connectivity index (χ1n) is 10.4. The fraction of sp³-hybridized carbons (Fsp3) is 0.684. The molecule has 0 aliphatic rings. The Kier molecular flexibility index (Phi) is 13.3. The van der Waals surface area contributed by atoms with Crippen molar-refractivity contribution in [3.63, 3.8) is 0 Å². The summed E-state index contributed by atoms with van der Waals surface area (Å²) in [5.74, 6) is -7.07. The lowest BCUT2D eigenvalue weighted by Crippen LogP contribution is -2.59. The first kappa shape index (κ1) is 29.7. The van der Waals surface area contributed by atoms with Crippen LogP contribution in [0, 0.1) is 5.92 Å². The second-order valence-corrected chi connectivity index (χ2v) is 7.85. The molecule has 0 fully saturated rings. The zero-order valence-electron chi connectivity index (χ0n) is 18.7. The molecule has 0 bridgehead atoms. The van der Waals surface area contributed by atoms with E-state index in [1.807, 2.05) is 5.32 Å². The molecule has 14 heteroatoms. The van der Waals surface area contributed by atoms with Crippen molar-refractivity contribution in [2.45, 2.75) is 70.1 Å². The first-order valence-corrected chi connectivity index (χ1v) is 10.4. The quantitative estimate of drug-likeness (QED) is 0.105. The van der Waals surface area contributed by atoms with Crippen LogP contribution in [0.25, 0.3) is 0 Å². The van der Waals surface area contributed by atoms with Crippen LogP contribution >= 0.6 is 0 Å². The highest BCUT2D eigenvalue weighted by Gasteiger charge is 2.33. The number of unbranched alkanes of at least 4 members (excludes halogenated alkanes) is 1. The molecule has 0 aromatic rings. The van der Waals surface area contributed by atoms with Crippen LogP contribution in [0.5, 0.6) is 0 Å². The van der Waals surface area contributed by atoms with E-state index in [0.29, 0.717) is 25.8 Å². The molecule has 0 aromatic heterocycles. The summed E-state index contributed by atoms with van der Waals surface area (Å²) >= 11 is 0. The number of carboxylic acid groups (broad SMARTS) is 2. The van der Waals surface area contributed by atoms with E-state index in [4.69, 9.17) is 27.4 Å². The molecule has 188 valence electrons. The maximum absolute atomic E-state index is 12.8. The minimum atomic E-state index is -1.80. The zero-order valence-corrected chi connectivity index (χ0v) is 18.7. The molecule has 0 rings (SSSR count). The number of carbonyl (C=O) groups excluding carboxylic acids is 4. The lowest BCUT2D eigenvalue weighted by atomic mass is 10.0. The van der Waals surface area contributed by atoms with Crippen molar-refractivity contribution in [3.05, 3.63) is 0 Å². The van der Waals surface area contributed by atoms with E-state index in [1.165, 1.54) is 0 Å². The predicted molar refractivity (Wildman–Crippen MR) is 115 cm³/mol. The van der Waals surface area contributed by atoms with Crippen molar-refractivity contribution in [1.82, 2.24) is 16.0 Å². The minimum Gasteiger partial charge on any atom is -0.481 e. The molecule has 4 unspecified atom stereocenters. The Morgan fingerprint density at radius 1 is 0.818 bits per heavy atom. The van der Waals surface area contributed by atoms with Crippen molar-refractivity contribution in [1.29, 1.82) is 0 Å². The summed E-state index contributed by atoms with van der Waals surface area (Å²) in [5, 5.41) is 24.6. The van der Waals surface area contributed by atoms with E-state index in [1.54, 1.807) is 13.8 Å². The maximum atomic E-state index is 12.8. The largest absolute Gasteiger partial charge is 0.481 e. The normalized spacial score (nSPS) is 14.5. The van der Waals surface area contributed by atoms with E-state index < -0.39 is 78.5 Å². The number of aliphatic carboxylic acids is 2. The van der Waals surface area contributed by atoms with Crippen LogP contribution < -0.4 is 33.2 Å². The number of hydrogen-bond acceptors (Lipinski definition) is 8. The van der Waals surface area contributed by atoms with Gasteiger partial charge in [-0.2, -0.15) is 0 Å². The average molecular weight is 475 g/mol. The highest BCUT2D eigenvalue weighted by Crippen LogP contribution is 2.06. The molecule has 11 N–H and O–H groups in total. The van der Waals surface area contributed by atoms with Gasteiger partial charge in [-0.3, -0.25) is 24.0 Å². The monoisotopic (exact) mass is 474 g/mol. The highest BCUT2D eigenvalue weighted by atomic mass is 16.4. The van der Waals surface area contributed by atoms with Gasteiger partial charge in [0.05, 0.1) is 18.9 Å². The third-order valence-electron chi connectivity index (χ3n) is 4.58. The number of amides is 4. The Balaban J connectivity index is 5.38. The van der Waals surface area contributed by atoms with E-state index >= 15 is 0 Å². The van der Waals surface area contributed by atoms with Gasteiger partial charge in [-0.05, 0) is 25.3 Å². The summed E-state index contributed by atoms with van der Waals surface area (Å²) in [6, 6.07) is -5.41. The van der Waals surface area contributed by atoms with Crippen LogP contribution in [0.3, 0.4) is 0 Å². The molecule has 4 amide bonds. The van der Waals surface area contributed by atoms with Crippen LogP contribution in [0.1, 0.15) is 46.0 Å². The molecule has 0 saturated heterocycles. The number of nitrogens with two attached hydrogens (primary N) is 3. The first-order chi connectivity index (χ1) is 15.3. The van der Waals surface area contributed by atoms with Crippen molar-refractivity contribution < 1.29 is 39.0 Å². The van der Waals surface area contributed by atoms with Crippen LogP contribution in [0.2, 0.25) is 0 Å². The van der Waals surface area contributed by atoms with Crippen molar-refractivity contribution in [2.75, 3.05) is 6.54 Å². The van der Waals surface area contributed by atoms with E-state index in [9.17, 15) is 28.8 Å². The van der Waals surface area contributed by atoms with Gasteiger partial charge < -0.3 is 43.4 Å². The van der Waals surface area contributed by atoms with Crippen LogP contribution in [0.15, 0.2) is 0 Å². The molecule has 0 aliphatic carbocycles. The summed E-state index contributed by atoms with van der Waals surface area (Å²) in [6.07, 6.45) is 0.0332. The van der Waals surface area contributed by atoms with E-state index in [0.717, 1.165) is 0 Å². The molecule has 0 radical (unpaired) electrons. The number of hydrogen-bond donors (Lipinski definition) is 8. The third-order valence-corrected chi connectivity index (χ3v) is 4.58. The summed E-state index contributed by atoms with van der Waals surface area (Å²) in [7, 11) is 0. The fourth-order valence-corrected chi connectivity index (χ4v) is 2.75. The molecule has 0 saturated carbocycles. The molecule has 33 heavy (non-hydrogen) atoms. The maximum Gasteiger partial charge on any atom is 0.326 e. The van der Waals surface area contributed by atoms with Gasteiger partial charge in [0.1, 0.15) is 18.1 Å². The molecule has 4 atom stereocenters. The number of primary amides is 1. The lowest BCUT2D eigenvalue weighted by molar-refractivity contribution is -0.147. The van der Waals surface area contributed by atoms with Gasteiger partial charge in [-0.25, -0.2) is 4.79 Å². The van der Waals surface area contributed by atoms with E-state index in [2.05, 4.69) is 10.6 Å². The SMILES string of the molecule is CC(C)C(NC(=O)C(N)CCCCN)C(=O)NC(CC(N)=O)C(=O)NC(CC(=O)O)C(=O)O. The number of carboxylic acids is 2. The van der Waals surface area contributed by atoms with Gasteiger partial charge in [0, 0.05) is 0 Å². The summed E-state index contributed by atoms with van der Waals surface area (Å²) in [4.78, 5) is 71.0. The predicted octanol–water partition coefficient (Wildman–Crippen LogP) is -3.01. The Morgan fingerprint density at radius 3 is 1.85 bits per heavy atom. The summed E-state index contributed by atoms with van der Waals surface area (Å²) in [5.41, 5.74) is 16.4. The molecule has 0 spiro atoms. The third kappa shape index (κ3) is 11.8. The number of rotatable bonds is 16. The zero-order chi connectivity index (χ0) is 25.7. The average Bonchev–Trinajstić information content (AvgIpc) is 2.69. The van der Waals surface area contributed by atoms with Crippen LogP contribution in [0.4, 0.5) is 0 Å².